The van der Waals surface area contributed by atoms with E-state index in [-0.39, 0.29) is 6.04 Å². The number of sulfonamides is 1. The first-order valence-corrected chi connectivity index (χ1v) is 10.5. The van der Waals surface area contributed by atoms with Crippen LogP contribution in [0.3, 0.4) is 0 Å². The van der Waals surface area contributed by atoms with Gasteiger partial charge in [-0.05, 0) is 43.4 Å². The molecule has 0 amide bonds. The standard InChI is InChI=1S/C19H28N2O4S/c1-15(2)13-17(14-21-11-6-9-18(21)19(22)23)20-26(24,25)12-10-16-7-4-3-5-8-16/h3-5,7-8,10,12,15,17-18,20H,6,9,11,13-14H2,1-2H3,(H,22,23)/t17-,18-/m0/s1. The molecular weight excluding hydrogens is 352 g/mol. The third kappa shape index (κ3) is 6.55. The SMILES string of the molecule is CC(C)C[C@@H](CN1CCC[C@H]1C(=O)O)NS(=O)(=O)C=Cc1ccccc1. The average molecular weight is 381 g/mol. The Morgan fingerprint density at radius 2 is 2.04 bits per heavy atom. The van der Waals surface area contributed by atoms with E-state index in [2.05, 4.69) is 4.72 Å². The van der Waals surface area contributed by atoms with Gasteiger partial charge in [0.25, 0.3) is 0 Å². The minimum absolute atomic E-state index is 0.298. The Balaban J connectivity index is 2.06. The van der Waals surface area contributed by atoms with Crippen molar-refractivity contribution < 1.29 is 18.3 Å². The fourth-order valence-corrected chi connectivity index (χ4v) is 4.39. The molecule has 2 rings (SSSR count). The number of carbonyl (C=O) groups is 1. The number of nitrogens with one attached hydrogen (secondary N) is 1. The topological polar surface area (TPSA) is 86.7 Å². The van der Waals surface area contributed by atoms with E-state index in [1.165, 1.54) is 5.41 Å². The summed E-state index contributed by atoms with van der Waals surface area (Å²) in [4.78, 5) is 13.2. The Kier molecular flexibility index (Phi) is 7.37. The van der Waals surface area contributed by atoms with Gasteiger partial charge in [-0.1, -0.05) is 44.2 Å². The molecule has 1 heterocycles. The molecular formula is C19H28N2O4S. The van der Waals surface area contributed by atoms with Crippen LogP contribution in [-0.2, 0) is 14.8 Å². The molecule has 0 aliphatic carbocycles. The smallest absolute Gasteiger partial charge is 0.320 e. The van der Waals surface area contributed by atoms with Gasteiger partial charge < -0.3 is 5.11 Å². The molecule has 0 spiro atoms. The van der Waals surface area contributed by atoms with Crippen LogP contribution in [0.15, 0.2) is 35.7 Å². The van der Waals surface area contributed by atoms with Gasteiger partial charge in [-0.25, -0.2) is 13.1 Å². The molecule has 2 N–H and O–H groups in total. The van der Waals surface area contributed by atoms with Crippen molar-refractivity contribution in [2.24, 2.45) is 5.92 Å². The van der Waals surface area contributed by atoms with E-state index in [0.29, 0.717) is 31.8 Å². The summed E-state index contributed by atoms with van der Waals surface area (Å²) < 4.78 is 27.6. The number of hydrogen-bond acceptors (Lipinski definition) is 4. The second-order valence-electron chi connectivity index (χ2n) is 7.19. The zero-order valence-corrected chi connectivity index (χ0v) is 16.2. The Hall–Kier alpha value is -1.70. The highest BCUT2D eigenvalue weighted by Crippen LogP contribution is 2.19. The normalized spacial score (nSPS) is 20.0. The maximum atomic E-state index is 12.5. The van der Waals surface area contributed by atoms with Crippen LogP contribution in [0, 0.1) is 5.92 Å². The van der Waals surface area contributed by atoms with Crippen molar-refractivity contribution in [3.8, 4) is 0 Å². The lowest BCUT2D eigenvalue weighted by molar-refractivity contribution is -0.142. The predicted molar refractivity (Wildman–Crippen MR) is 103 cm³/mol. The molecule has 0 unspecified atom stereocenters. The monoisotopic (exact) mass is 380 g/mol. The molecule has 0 bridgehead atoms. The summed E-state index contributed by atoms with van der Waals surface area (Å²) >= 11 is 0. The predicted octanol–water partition coefficient (Wildman–Crippen LogP) is 2.54. The van der Waals surface area contributed by atoms with Crippen LogP contribution in [-0.4, -0.2) is 49.6 Å². The first kappa shape index (κ1) is 20.6. The summed E-state index contributed by atoms with van der Waals surface area (Å²) in [7, 11) is -3.61. The van der Waals surface area contributed by atoms with Crippen LogP contribution in [0.4, 0.5) is 0 Å². The number of hydrogen-bond donors (Lipinski definition) is 2. The molecule has 0 saturated carbocycles. The summed E-state index contributed by atoms with van der Waals surface area (Å²) in [5.41, 5.74) is 0.809. The summed E-state index contributed by atoms with van der Waals surface area (Å²) in [6.45, 7) is 5.15. The van der Waals surface area contributed by atoms with Crippen LogP contribution in [0.2, 0.25) is 0 Å². The maximum Gasteiger partial charge on any atom is 0.320 e. The van der Waals surface area contributed by atoms with E-state index in [0.717, 1.165) is 12.0 Å². The number of nitrogens with zero attached hydrogens (tertiary/aromatic N) is 1. The van der Waals surface area contributed by atoms with E-state index in [1.807, 2.05) is 49.1 Å². The van der Waals surface area contributed by atoms with Crippen LogP contribution in [0.1, 0.15) is 38.7 Å². The lowest BCUT2D eigenvalue weighted by Gasteiger charge is -2.28. The average Bonchev–Trinajstić information content (AvgIpc) is 3.01. The van der Waals surface area contributed by atoms with Crippen LogP contribution in [0.25, 0.3) is 6.08 Å². The molecule has 1 aromatic carbocycles. The highest BCUT2D eigenvalue weighted by atomic mass is 32.2. The minimum atomic E-state index is -3.61. The number of carboxylic acids is 1. The van der Waals surface area contributed by atoms with Gasteiger partial charge in [0, 0.05) is 18.0 Å². The summed E-state index contributed by atoms with van der Waals surface area (Å²) in [6, 6.07) is 8.40. The Morgan fingerprint density at radius 1 is 1.35 bits per heavy atom. The summed E-state index contributed by atoms with van der Waals surface area (Å²) in [6.07, 6.45) is 3.66. The highest BCUT2D eigenvalue weighted by molar-refractivity contribution is 7.92. The van der Waals surface area contributed by atoms with Gasteiger partial charge in [-0.15, -0.1) is 0 Å². The largest absolute Gasteiger partial charge is 0.480 e. The van der Waals surface area contributed by atoms with Gasteiger partial charge in [-0.2, -0.15) is 0 Å². The molecule has 26 heavy (non-hydrogen) atoms. The Morgan fingerprint density at radius 3 is 2.65 bits per heavy atom. The van der Waals surface area contributed by atoms with Crippen molar-refractivity contribution in [1.29, 1.82) is 0 Å². The molecule has 7 heteroatoms. The maximum absolute atomic E-state index is 12.5. The first-order valence-electron chi connectivity index (χ1n) is 8.99. The van der Waals surface area contributed by atoms with Gasteiger partial charge in [0.15, 0.2) is 0 Å². The fourth-order valence-electron chi connectivity index (χ4n) is 3.34. The van der Waals surface area contributed by atoms with Gasteiger partial charge in [0.05, 0.1) is 0 Å². The molecule has 0 radical (unpaired) electrons. The highest BCUT2D eigenvalue weighted by Gasteiger charge is 2.32. The Bertz CT molecular complexity index is 716. The summed E-state index contributed by atoms with van der Waals surface area (Å²) in [5, 5.41) is 10.5. The lowest BCUT2D eigenvalue weighted by Crippen LogP contribution is -2.47. The molecule has 1 saturated heterocycles. The minimum Gasteiger partial charge on any atom is -0.480 e. The molecule has 1 aromatic rings. The zero-order valence-electron chi connectivity index (χ0n) is 15.3. The van der Waals surface area contributed by atoms with E-state index in [4.69, 9.17) is 0 Å². The van der Waals surface area contributed by atoms with Gasteiger partial charge >= 0.3 is 5.97 Å². The molecule has 1 aliphatic rings. The van der Waals surface area contributed by atoms with Crippen molar-refractivity contribution in [2.45, 2.75) is 45.2 Å². The fraction of sp³-hybridized carbons (Fsp3) is 0.526. The first-order chi connectivity index (χ1) is 12.3. The molecule has 0 aromatic heterocycles. The van der Waals surface area contributed by atoms with Gasteiger partial charge in [0.2, 0.25) is 10.0 Å². The van der Waals surface area contributed by atoms with Crippen molar-refractivity contribution >= 4 is 22.1 Å². The van der Waals surface area contributed by atoms with Crippen LogP contribution in [0.5, 0.6) is 0 Å². The molecule has 1 aliphatic heterocycles. The van der Waals surface area contributed by atoms with Gasteiger partial charge in [0.1, 0.15) is 6.04 Å². The van der Waals surface area contributed by atoms with E-state index >= 15 is 0 Å². The third-order valence-electron chi connectivity index (χ3n) is 4.43. The van der Waals surface area contributed by atoms with Crippen molar-refractivity contribution in [1.82, 2.24) is 9.62 Å². The quantitative estimate of drug-likeness (QED) is 0.687. The van der Waals surface area contributed by atoms with E-state index in [1.54, 1.807) is 6.08 Å². The molecule has 2 atom stereocenters. The van der Waals surface area contributed by atoms with Crippen LogP contribution < -0.4 is 4.72 Å². The van der Waals surface area contributed by atoms with Gasteiger partial charge in [-0.3, -0.25) is 9.69 Å². The second-order valence-corrected chi connectivity index (χ2v) is 8.79. The van der Waals surface area contributed by atoms with Crippen LogP contribution >= 0.6 is 0 Å². The number of aliphatic carboxylic acids is 1. The molecule has 144 valence electrons. The van der Waals surface area contributed by atoms with Crippen molar-refractivity contribution in [3.63, 3.8) is 0 Å². The number of benzene rings is 1. The zero-order chi connectivity index (χ0) is 19.2. The van der Waals surface area contributed by atoms with E-state index in [9.17, 15) is 18.3 Å². The van der Waals surface area contributed by atoms with Crippen molar-refractivity contribution in [2.75, 3.05) is 13.1 Å². The second kappa shape index (κ2) is 9.30. The third-order valence-corrected chi connectivity index (χ3v) is 5.59. The Labute approximate surface area is 156 Å². The molecule has 6 nitrogen and oxygen atoms in total. The summed E-state index contributed by atoms with van der Waals surface area (Å²) in [5.74, 6) is -0.538. The number of carboxylic acid groups (broad SMARTS) is 1. The number of likely N-dealkylation sites (tertiary alicyclic amines) is 1. The van der Waals surface area contributed by atoms with E-state index < -0.39 is 22.0 Å². The number of rotatable bonds is 9. The lowest BCUT2D eigenvalue weighted by atomic mass is 10.0. The van der Waals surface area contributed by atoms with Crippen molar-refractivity contribution in [3.05, 3.63) is 41.3 Å². The molecule has 1 fully saturated rings.